The number of fused-ring (bicyclic) bond motifs is 1. The van der Waals surface area contributed by atoms with Crippen LogP contribution >= 0.6 is 0 Å². The van der Waals surface area contributed by atoms with Crippen molar-refractivity contribution >= 4 is 5.97 Å². The smallest absolute Gasteiger partial charge is 0.306 e. The summed E-state index contributed by atoms with van der Waals surface area (Å²) in [7, 11) is 0. The lowest BCUT2D eigenvalue weighted by atomic mass is 9.78. The summed E-state index contributed by atoms with van der Waals surface area (Å²) in [6, 6.07) is 8.96. The average Bonchev–Trinajstić information content (AvgIpc) is 2.59. The van der Waals surface area contributed by atoms with Crippen LogP contribution < -0.4 is 5.32 Å². The molecule has 1 atom stereocenters. The van der Waals surface area contributed by atoms with Gasteiger partial charge in [-0.3, -0.25) is 9.69 Å². The van der Waals surface area contributed by atoms with Gasteiger partial charge < -0.3 is 10.4 Å². The predicted octanol–water partition coefficient (Wildman–Crippen LogP) is 2.70. The van der Waals surface area contributed by atoms with E-state index in [9.17, 15) is 4.79 Å². The molecule has 0 aromatic heterocycles. The number of hydrogen-bond acceptors (Lipinski definition) is 3. The van der Waals surface area contributed by atoms with Crippen LogP contribution in [0, 0.1) is 24.7 Å². The fourth-order valence-corrected chi connectivity index (χ4v) is 3.99. The molecular weight excluding hydrogens is 324 g/mol. The molecule has 0 radical (unpaired) electrons. The van der Waals surface area contributed by atoms with E-state index in [0.29, 0.717) is 12.1 Å². The molecule has 1 aliphatic carbocycles. The van der Waals surface area contributed by atoms with Crippen molar-refractivity contribution in [2.45, 2.75) is 38.3 Å². The summed E-state index contributed by atoms with van der Waals surface area (Å²) < 4.78 is 0. The van der Waals surface area contributed by atoms with Gasteiger partial charge in [-0.05, 0) is 55.4 Å². The third-order valence-corrected chi connectivity index (χ3v) is 5.79. The highest BCUT2D eigenvalue weighted by Crippen LogP contribution is 2.34. The fourth-order valence-electron chi connectivity index (χ4n) is 3.99. The van der Waals surface area contributed by atoms with E-state index in [-0.39, 0.29) is 5.92 Å². The zero-order chi connectivity index (χ0) is 18.1. The Morgan fingerprint density at radius 1 is 1.23 bits per heavy atom. The lowest BCUT2D eigenvalue weighted by Crippen LogP contribution is -2.53. The lowest BCUT2D eigenvalue weighted by Gasteiger charge is -2.46. The van der Waals surface area contributed by atoms with Crippen LogP contribution in [0.3, 0.4) is 0 Å². The van der Waals surface area contributed by atoms with Gasteiger partial charge in [0.2, 0.25) is 0 Å². The van der Waals surface area contributed by atoms with E-state index >= 15 is 0 Å². The molecule has 4 rings (SSSR count). The molecule has 4 heteroatoms. The van der Waals surface area contributed by atoms with Gasteiger partial charge in [-0.2, -0.15) is 0 Å². The van der Waals surface area contributed by atoms with Gasteiger partial charge in [-0.15, -0.1) is 0 Å². The maximum absolute atomic E-state index is 11.0. The van der Waals surface area contributed by atoms with Gasteiger partial charge in [-0.1, -0.05) is 30.2 Å². The number of carboxylic acid groups (broad SMARTS) is 1. The molecule has 2 aliphatic heterocycles. The van der Waals surface area contributed by atoms with Crippen molar-refractivity contribution in [1.29, 1.82) is 0 Å². The van der Waals surface area contributed by atoms with Crippen LogP contribution in [0.4, 0.5) is 0 Å². The Balaban J connectivity index is 1.41. The van der Waals surface area contributed by atoms with E-state index in [1.165, 1.54) is 11.1 Å². The summed E-state index contributed by atoms with van der Waals surface area (Å²) in [5, 5.41) is 12.6. The van der Waals surface area contributed by atoms with Gasteiger partial charge in [0, 0.05) is 24.7 Å². The number of carbonyl (C=O) groups is 1. The Labute approximate surface area is 154 Å². The number of dihydropyridines is 1. The monoisotopic (exact) mass is 348 g/mol. The van der Waals surface area contributed by atoms with Gasteiger partial charge in [0.15, 0.2) is 0 Å². The number of nitrogens with one attached hydrogen (secondary N) is 1. The Morgan fingerprint density at radius 2 is 2.04 bits per heavy atom. The number of nitrogens with zero attached hydrogens (tertiary/aromatic N) is 1. The number of rotatable bonds is 2. The third kappa shape index (κ3) is 3.40. The van der Waals surface area contributed by atoms with Crippen LogP contribution in [0.25, 0.3) is 0 Å². The van der Waals surface area contributed by atoms with Crippen molar-refractivity contribution in [2.75, 3.05) is 13.1 Å². The number of benzene rings is 1. The largest absolute Gasteiger partial charge is 0.481 e. The van der Waals surface area contributed by atoms with Gasteiger partial charge >= 0.3 is 5.97 Å². The highest BCUT2D eigenvalue weighted by atomic mass is 16.4. The van der Waals surface area contributed by atoms with Crippen LogP contribution in [0.1, 0.15) is 30.4 Å². The molecule has 0 spiro atoms. The predicted molar refractivity (Wildman–Crippen MR) is 101 cm³/mol. The molecule has 2 fully saturated rings. The molecule has 4 nitrogen and oxygen atoms in total. The maximum atomic E-state index is 11.0. The van der Waals surface area contributed by atoms with Crippen molar-refractivity contribution in [2.24, 2.45) is 5.92 Å². The maximum Gasteiger partial charge on any atom is 0.306 e. The first-order valence-electron chi connectivity index (χ1n) is 9.32. The second kappa shape index (κ2) is 7.01. The van der Waals surface area contributed by atoms with Crippen LogP contribution in [-0.4, -0.2) is 41.1 Å². The highest BCUT2D eigenvalue weighted by Gasteiger charge is 2.40. The van der Waals surface area contributed by atoms with E-state index in [1.807, 2.05) is 12.1 Å². The summed E-state index contributed by atoms with van der Waals surface area (Å²) in [5.41, 5.74) is 4.63. The molecule has 1 saturated heterocycles. The summed E-state index contributed by atoms with van der Waals surface area (Å²) >= 11 is 0. The van der Waals surface area contributed by atoms with E-state index in [0.717, 1.165) is 43.6 Å². The van der Waals surface area contributed by atoms with Crippen molar-refractivity contribution < 1.29 is 9.90 Å². The van der Waals surface area contributed by atoms with E-state index in [1.54, 1.807) is 0 Å². The molecule has 1 unspecified atom stereocenters. The normalized spacial score (nSPS) is 27.7. The second-order valence-corrected chi connectivity index (χ2v) is 7.50. The summed E-state index contributed by atoms with van der Waals surface area (Å²) in [6.45, 7) is 4.03. The zero-order valence-electron chi connectivity index (χ0n) is 15.0. The number of likely N-dealkylation sites (tertiary alicyclic amines) is 1. The molecule has 3 aliphatic rings. The number of piperidine rings is 1. The molecular formula is C22H24N2O2. The summed E-state index contributed by atoms with van der Waals surface area (Å²) in [4.78, 5) is 13.4. The van der Waals surface area contributed by atoms with E-state index in [2.05, 4.69) is 53.3 Å². The number of carboxylic acids is 1. The van der Waals surface area contributed by atoms with Gasteiger partial charge in [0.1, 0.15) is 0 Å². The highest BCUT2D eigenvalue weighted by molar-refractivity contribution is 5.71. The minimum atomic E-state index is -0.644. The van der Waals surface area contributed by atoms with Crippen LogP contribution in [0.2, 0.25) is 0 Å². The van der Waals surface area contributed by atoms with Crippen molar-refractivity contribution in [3.63, 3.8) is 0 Å². The second-order valence-electron chi connectivity index (χ2n) is 7.50. The molecule has 2 N–H and O–H groups in total. The number of hydrogen-bond donors (Lipinski definition) is 2. The van der Waals surface area contributed by atoms with E-state index in [4.69, 9.17) is 5.11 Å². The fraction of sp³-hybridized carbons (Fsp3) is 0.409. The van der Waals surface area contributed by atoms with Gasteiger partial charge in [-0.25, -0.2) is 0 Å². The Morgan fingerprint density at radius 3 is 2.81 bits per heavy atom. The number of aliphatic carboxylic acids is 1. The van der Waals surface area contributed by atoms with Crippen LogP contribution in [-0.2, 0) is 4.79 Å². The molecule has 0 bridgehead atoms. The SMILES string of the molecule is Cc1ccccc1C#CC1=CC=C2CN(C3CC(C(=O)O)C3)CCC2N1. The van der Waals surface area contributed by atoms with E-state index < -0.39 is 5.97 Å². The van der Waals surface area contributed by atoms with Crippen LogP contribution in [0.15, 0.2) is 47.7 Å². The van der Waals surface area contributed by atoms with Gasteiger partial charge in [0.25, 0.3) is 0 Å². The first kappa shape index (κ1) is 16.9. The zero-order valence-corrected chi connectivity index (χ0v) is 15.0. The first-order chi connectivity index (χ1) is 12.6. The molecule has 2 heterocycles. The first-order valence-corrected chi connectivity index (χ1v) is 9.32. The Bertz CT molecular complexity index is 837. The molecule has 1 saturated carbocycles. The third-order valence-electron chi connectivity index (χ3n) is 5.79. The Kier molecular flexibility index (Phi) is 4.57. The minimum Gasteiger partial charge on any atom is -0.481 e. The van der Waals surface area contributed by atoms with Crippen molar-refractivity contribution in [3.05, 3.63) is 58.8 Å². The molecule has 1 aromatic carbocycles. The summed E-state index contributed by atoms with van der Waals surface area (Å²) in [6.07, 6.45) is 6.90. The molecule has 1 aromatic rings. The lowest BCUT2D eigenvalue weighted by molar-refractivity contribution is -0.147. The topological polar surface area (TPSA) is 52.6 Å². The number of aryl methyl sites for hydroxylation is 1. The van der Waals surface area contributed by atoms with Gasteiger partial charge in [0.05, 0.1) is 17.7 Å². The van der Waals surface area contributed by atoms with Crippen molar-refractivity contribution in [3.8, 4) is 11.8 Å². The summed E-state index contributed by atoms with van der Waals surface area (Å²) in [5.74, 6) is 5.74. The standard InChI is InChI=1S/C22H24N2O2/c1-15-4-2-3-5-16(15)6-8-19-9-7-17-14-24(11-10-21(17)23-19)20-12-18(13-20)22(25)26/h2-5,7,9,18,20-21,23H,10-14H2,1H3,(H,25,26). The molecule has 134 valence electrons. The minimum absolute atomic E-state index is 0.139. The van der Waals surface area contributed by atoms with Crippen LogP contribution in [0.5, 0.6) is 0 Å². The quantitative estimate of drug-likeness (QED) is 0.807. The Hall–Kier alpha value is -2.51. The number of allylic oxidation sites excluding steroid dienone is 3. The molecule has 0 amide bonds. The van der Waals surface area contributed by atoms with Crippen molar-refractivity contribution in [1.82, 2.24) is 10.2 Å². The molecule has 26 heavy (non-hydrogen) atoms. The average molecular weight is 348 g/mol.